The first-order valence-corrected chi connectivity index (χ1v) is 13.0. The Kier molecular flexibility index (Phi) is 12.8. The molecule has 1 rings (SSSR count). The maximum atomic E-state index is 11.3. The second-order valence-corrected chi connectivity index (χ2v) is 9.88. The number of rotatable bonds is 15. The van der Waals surface area contributed by atoms with E-state index in [1.807, 2.05) is 0 Å². The zero-order chi connectivity index (χ0) is 20.0. The van der Waals surface area contributed by atoms with Crippen molar-refractivity contribution in [1.82, 2.24) is 0 Å². The highest BCUT2D eigenvalue weighted by Gasteiger charge is 2.33. The van der Waals surface area contributed by atoms with Gasteiger partial charge in [0.25, 0.3) is 0 Å². The van der Waals surface area contributed by atoms with Crippen LogP contribution >= 0.6 is 0 Å². The standard InChI is InChI=1S/C18H36O7S2/c1-2-3-4-5-6-7-8-9-10-11-12-13-14-15-16-18-17-23-26(19,20)25-27(21,22)24-18/h18H,2-17H2,1H3. The van der Waals surface area contributed by atoms with Gasteiger partial charge in [-0.3, -0.25) is 0 Å². The van der Waals surface area contributed by atoms with Crippen LogP contribution in [0.2, 0.25) is 0 Å². The summed E-state index contributed by atoms with van der Waals surface area (Å²) in [5.41, 5.74) is 0. The third-order valence-corrected chi connectivity index (χ3v) is 6.96. The lowest BCUT2D eigenvalue weighted by molar-refractivity contribution is 0.134. The van der Waals surface area contributed by atoms with Gasteiger partial charge in [0, 0.05) is 0 Å². The van der Waals surface area contributed by atoms with E-state index in [4.69, 9.17) is 4.18 Å². The fourth-order valence-electron chi connectivity index (χ4n) is 3.19. The summed E-state index contributed by atoms with van der Waals surface area (Å²) < 4.78 is 57.9. The molecule has 0 aliphatic carbocycles. The lowest BCUT2D eigenvalue weighted by Crippen LogP contribution is -2.20. The average molecular weight is 429 g/mol. The monoisotopic (exact) mass is 428 g/mol. The van der Waals surface area contributed by atoms with Crippen molar-refractivity contribution in [1.29, 1.82) is 0 Å². The summed E-state index contributed by atoms with van der Waals surface area (Å²) in [5, 5.41) is 0. The van der Waals surface area contributed by atoms with Gasteiger partial charge in [0.15, 0.2) is 0 Å². The van der Waals surface area contributed by atoms with Gasteiger partial charge in [0.1, 0.15) is 6.10 Å². The topological polar surface area (TPSA) is 96.0 Å². The first kappa shape index (κ1) is 24.8. The molecule has 1 heterocycles. The van der Waals surface area contributed by atoms with Gasteiger partial charge in [-0.15, -0.1) is 3.63 Å². The first-order valence-electron chi connectivity index (χ1n) is 10.4. The Balaban J connectivity index is 1.94. The molecule has 1 fully saturated rings. The maximum Gasteiger partial charge on any atom is 0.416 e. The van der Waals surface area contributed by atoms with Crippen LogP contribution < -0.4 is 0 Å². The quantitative estimate of drug-likeness (QED) is 0.346. The van der Waals surface area contributed by atoms with Gasteiger partial charge in [-0.1, -0.05) is 96.8 Å². The Labute approximate surface area is 165 Å². The predicted molar refractivity (Wildman–Crippen MR) is 105 cm³/mol. The Morgan fingerprint density at radius 2 is 1.11 bits per heavy atom. The van der Waals surface area contributed by atoms with E-state index < -0.39 is 26.9 Å². The van der Waals surface area contributed by atoms with Crippen LogP contribution in [0.5, 0.6) is 0 Å². The number of hydrogen-bond acceptors (Lipinski definition) is 7. The summed E-state index contributed by atoms with van der Waals surface area (Å²) in [4.78, 5) is 0. The molecule has 0 spiro atoms. The van der Waals surface area contributed by atoms with Crippen LogP contribution in [-0.2, 0) is 32.8 Å². The van der Waals surface area contributed by atoms with E-state index in [1.165, 1.54) is 70.6 Å². The molecule has 1 aliphatic heterocycles. The van der Waals surface area contributed by atoms with Crippen molar-refractivity contribution in [3.63, 3.8) is 0 Å². The maximum absolute atomic E-state index is 11.3. The van der Waals surface area contributed by atoms with Crippen LogP contribution in [0.1, 0.15) is 103 Å². The van der Waals surface area contributed by atoms with Gasteiger partial charge in [-0.05, 0) is 6.42 Å². The van der Waals surface area contributed by atoms with Crippen LogP contribution in [0, 0.1) is 0 Å². The first-order chi connectivity index (χ1) is 12.8. The fourth-order valence-corrected chi connectivity index (χ4v) is 5.09. The fraction of sp³-hybridized carbons (Fsp3) is 1.00. The minimum absolute atomic E-state index is 0.333. The lowest BCUT2D eigenvalue weighted by atomic mass is 10.0. The third kappa shape index (κ3) is 13.6. The van der Waals surface area contributed by atoms with Crippen molar-refractivity contribution >= 4 is 20.8 Å². The molecule has 162 valence electrons. The normalized spacial score (nSPS) is 21.7. The minimum atomic E-state index is -4.56. The molecule has 0 aromatic heterocycles. The average Bonchev–Trinajstić information content (AvgIpc) is 2.69. The summed E-state index contributed by atoms with van der Waals surface area (Å²) >= 11 is 0. The van der Waals surface area contributed by atoms with E-state index in [0.29, 0.717) is 6.42 Å². The molecular weight excluding hydrogens is 392 g/mol. The molecule has 1 aliphatic rings. The molecular formula is C18H36O7S2. The second-order valence-electron chi connectivity index (χ2n) is 7.27. The molecule has 1 atom stereocenters. The summed E-state index contributed by atoms with van der Waals surface area (Å²) in [5.74, 6) is 0. The van der Waals surface area contributed by atoms with E-state index in [-0.39, 0.29) is 6.61 Å². The zero-order valence-electron chi connectivity index (χ0n) is 16.6. The highest BCUT2D eigenvalue weighted by molar-refractivity contribution is 7.95. The van der Waals surface area contributed by atoms with Crippen molar-refractivity contribution in [3.05, 3.63) is 0 Å². The minimum Gasteiger partial charge on any atom is -0.245 e. The van der Waals surface area contributed by atoms with E-state index in [0.717, 1.165) is 19.3 Å². The summed E-state index contributed by atoms with van der Waals surface area (Å²) in [7, 11) is -9.09. The van der Waals surface area contributed by atoms with Crippen LogP contribution in [0.4, 0.5) is 0 Å². The molecule has 9 heteroatoms. The molecule has 0 saturated carbocycles. The molecule has 0 amide bonds. The van der Waals surface area contributed by atoms with Crippen molar-refractivity contribution < 1.29 is 28.8 Å². The van der Waals surface area contributed by atoms with Crippen LogP contribution in [-0.4, -0.2) is 29.5 Å². The number of unbranched alkanes of at least 4 members (excludes halogenated alkanes) is 13. The lowest BCUT2D eigenvalue weighted by Gasteiger charge is -2.11. The van der Waals surface area contributed by atoms with E-state index in [1.54, 1.807) is 0 Å². The Bertz CT molecular complexity index is 573. The molecule has 7 nitrogen and oxygen atoms in total. The van der Waals surface area contributed by atoms with Crippen LogP contribution in [0.15, 0.2) is 0 Å². The van der Waals surface area contributed by atoms with Gasteiger partial charge >= 0.3 is 20.8 Å². The summed E-state index contributed by atoms with van der Waals surface area (Å²) in [6.45, 7) is 1.91. The highest BCUT2D eigenvalue weighted by Crippen LogP contribution is 2.19. The van der Waals surface area contributed by atoms with E-state index in [2.05, 4.69) is 14.7 Å². The van der Waals surface area contributed by atoms with Crippen molar-refractivity contribution in [2.75, 3.05) is 6.61 Å². The Morgan fingerprint density at radius 1 is 0.667 bits per heavy atom. The van der Waals surface area contributed by atoms with Crippen LogP contribution in [0.25, 0.3) is 0 Å². The SMILES string of the molecule is CCCCCCCCCCCCCCCCC1COS(=O)(=O)OS(=O)(=O)O1. The largest absolute Gasteiger partial charge is 0.416 e. The zero-order valence-corrected chi connectivity index (χ0v) is 18.2. The highest BCUT2D eigenvalue weighted by atomic mass is 32.3. The number of hydrogen-bond donors (Lipinski definition) is 0. The van der Waals surface area contributed by atoms with E-state index in [9.17, 15) is 16.8 Å². The van der Waals surface area contributed by atoms with Gasteiger partial charge in [0.05, 0.1) is 6.61 Å². The predicted octanol–water partition coefficient (Wildman–Crippen LogP) is 4.78. The Hall–Kier alpha value is -0.220. The summed E-state index contributed by atoms with van der Waals surface area (Å²) in [6, 6.07) is 0. The Morgan fingerprint density at radius 3 is 1.59 bits per heavy atom. The third-order valence-electron chi connectivity index (χ3n) is 4.70. The molecule has 0 aromatic rings. The molecule has 0 N–H and O–H groups in total. The molecule has 0 aromatic carbocycles. The van der Waals surface area contributed by atoms with Gasteiger partial charge in [-0.25, -0.2) is 8.37 Å². The van der Waals surface area contributed by atoms with Gasteiger partial charge in [0.2, 0.25) is 0 Å². The van der Waals surface area contributed by atoms with Crippen molar-refractivity contribution in [2.24, 2.45) is 0 Å². The second kappa shape index (κ2) is 13.9. The van der Waals surface area contributed by atoms with Gasteiger partial charge in [-0.2, -0.15) is 16.8 Å². The van der Waals surface area contributed by atoms with Crippen LogP contribution in [0.3, 0.4) is 0 Å². The molecule has 1 saturated heterocycles. The smallest absolute Gasteiger partial charge is 0.245 e. The van der Waals surface area contributed by atoms with Gasteiger partial charge < -0.3 is 0 Å². The molecule has 0 bridgehead atoms. The molecule has 27 heavy (non-hydrogen) atoms. The molecule has 0 radical (unpaired) electrons. The summed E-state index contributed by atoms with van der Waals surface area (Å²) in [6.07, 6.45) is 16.9. The van der Waals surface area contributed by atoms with Crippen molar-refractivity contribution in [2.45, 2.75) is 109 Å². The molecule has 1 unspecified atom stereocenters. The van der Waals surface area contributed by atoms with E-state index >= 15 is 0 Å². The van der Waals surface area contributed by atoms with Crippen molar-refractivity contribution in [3.8, 4) is 0 Å².